The van der Waals surface area contributed by atoms with E-state index in [4.69, 9.17) is 0 Å². The van der Waals surface area contributed by atoms with Gasteiger partial charge in [0.1, 0.15) is 0 Å². The maximum absolute atomic E-state index is 2.54. The lowest BCUT2D eigenvalue weighted by Crippen LogP contribution is -2.16. The van der Waals surface area contributed by atoms with Crippen LogP contribution in [0.2, 0.25) is 0 Å². The van der Waals surface area contributed by atoms with E-state index in [0.29, 0.717) is 0 Å². The first kappa shape index (κ1) is 16.1. The maximum Gasteiger partial charge on any atom is 0.0489 e. The predicted molar refractivity (Wildman–Crippen MR) is 99.4 cm³/mol. The SMILES string of the molecule is CN1CCCc2c(c3ccccc3n2Cc2ccccc2)C1.Cl. The highest BCUT2D eigenvalue weighted by molar-refractivity contribution is 5.86. The smallest absolute Gasteiger partial charge is 0.0489 e. The summed E-state index contributed by atoms with van der Waals surface area (Å²) < 4.78 is 2.54. The summed E-state index contributed by atoms with van der Waals surface area (Å²) >= 11 is 0. The Morgan fingerprint density at radius 3 is 2.52 bits per heavy atom. The molecule has 0 saturated carbocycles. The topological polar surface area (TPSA) is 8.17 Å². The molecule has 0 aliphatic carbocycles. The average Bonchev–Trinajstić information content (AvgIpc) is 2.70. The number of para-hydroxylation sites is 1. The van der Waals surface area contributed by atoms with Crippen LogP contribution in [0.1, 0.15) is 23.2 Å². The largest absolute Gasteiger partial charge is 0.340 e. The summed E-state index contributed by atoms with van der Waals surface area (Å²) in [6.07, 6.45) is 2.43. The summed E-state index contributed by atoms with van der Waals surface area (Å²) in [5.74, 6) is 0. The zero-order valence-corrected chi connectivity index (χ0v) is 14.4. The zero-order valence-electron chi connectivity index (χ0n) is 13.5. The molecule has 0 amide bonds. The van der Waals surface area contributed by atoms with Crippen molar-refractivity contribution in [2.75, 3.05) is 13.6 Å². The Bertz CT molecular complexity index is 792. The molecule has 0 saturated heterocycles. The number of hydrogen-bond donors (Lipinski definition) is 0. The van der Waals surface area contributed by atoms with Crippen LogP contribution < -0.4 is 0 Å². The van der Waals surface area contributed by atoms with Crippen molar-refractivity contribution in [2.24, 2.45) is 0 Å². The number of aromatic nitrogens is 1. The van der Waals surface area contributed by atoms with Crippen LogP contribution in [0.4, 0.5) is 0 Å². The second kappa shape index (κ2) is 6.77. The second-order valence-corrected chi connectivity index (χ2v) is 6.36. The molecule has 1 aromatic heterocycles. The van der Waals surface area contributed by atoms with Crippen LogP contribution >= 0.6 is 12.4 Å². The second-order valence-electron chi connectivity index (χ2n) is 6.36. The molecule has 2 aromatic carbocycles. The van der Waals surface area contributed by atoms with Crippen LogP contribution in [0.15, 0.2) is 54.6 Å². The lowest BCUT2D eigenvalue weighted by molar-refractivity contribution is 0.333. The molecule has 0 fully saturated rings. The molecule has 120 valence electrons. The fourth-order valence-corrected chi connectivity index (χ4v) is 3.70. The monoisotopic (exact) mass is 326 g/mol. The van der Waals surface area contributed by atoms with Gasteiger partial charge in [0, 0.05) is 29.7 Å². The van der Waals surface area contributed by atoms with E-state index < -0.39 is 0 Å². The summed E-state index contributed by atoms with van der Waals surface area (Å²) in [6, 6.07) is 19.7. The van der Waals surface area contributed by atoms with E-state index in [9.17, 15) is 0 Å². The lowest BCUT2D eigenvalue weighted by Gasteiger charge is -2.12. The van der Waals surface area contributed by atoms with Gasteiger partial charge >= 0.3 is 0 Å². The van der Waals surface area contributed by atoms with Crippen molar-refractivity contribution in [3.8, 4) is 0 Å². The van der Waals surface area contributed by atoms with Gasteiger partial charge in [0.05, 0.1) is 0 Å². The van der Waals surface area contributed by atoms with Crippen molar-refractivity contribution in [3.05, 3.63) is 71.4 Å². The number of nitrogens with zero attached hydrogens (tertiary/aromatic N) is 2. The highest BCUT2D eigenvalue weighted by atomic mass is 35.5. The molecular formula is C20H23ClN2. The quantitative estimate of drug-likeness (QED) is 0.673. The minimum absolute atomic E-state index is 0. The summed E-state index contributed by atoms with van der Waals surface area (Å²) in [4.78, 5) is 2.45. The summed E-state index contributed by atoms with van der Waals surface area (Å²) in [6.45, 7) is 3.23. The Labute approximate surface area is 144 Å². The number of halogens is 1. The normalized spacial score (nSPS) is 15.0. The summed E-state index contributed by atoms with van der Waals surface area (Å²) in [7, 11) is 2.23. The van der Waals surface area contributed by atoms with E-state index in [1.54, 1.807) is 0 Å². The molecule has 3 heteroatoms. The first-order valence-corrected chi connectivity index (χ1v) is 8.14. The van der Waals surface area contributed by atoms with Gasteiger partial charge in [0.25, 0.3) is 0 Å². The minimum atomic E-state index is 0. The van der Waals surface area contributed by atoms with E-state index in [-0.39, 0.29) is 12.4 Å². The molecule has 0 radical (unpaired) electrons. The number of fused-ring (bicyclic) bond motifs is 3. The number of rotatable bonds is 2. The minimum Gasteiger partial charge on any atom is -0.340 e. The van der Waals surface area contributed by atoms with Gasteiger partial charge in [-0.05, 0) is 43.6 Å². The molecule has 2 heterocycles. The molecule has 0 N–H and O–H groups in total. The van der Waals surface area contributed by atoms with Crippen LogP contribution in [0.5, 0.6) is 0 Å². The highest BCUT2D eigenvalue weighted by Crippen LogP contribution is 2.30. The lowest BCUT2D eigenvalue weighted by atomic mass is 10.1. The molecule has 1 aliphatic rings. The average molecular weight is 327 g/mol. The van der Waals surface area contributed by atoms with Crippen molar-refractivity contribution < 1.29 is 0 Å². The zero-order chi connectivity index (χ0) is 14.9. The van der Waals surface area contributed by atoms with Gasteiger partial charge in [-0.2, -0.15) is 0 Å². The Kier molecular flexibility index (Phi) is 4.74. The third kappa shape index (κ3) is 3.01. The molecule has 2 nitrogen and oxygen atoms in total. The molecule has 0 spiro atoms. The van der Waals surface area contributed by atoms with Gasteiger partial charge in [-0.25, -0.2) is 0 Å². The third-order valence-electron chi connectivity index (χ3n) is 4.76. The van der Waals surface area contributed by atoms with Crippen molar-refractivity contribution in [2.45, 2.75) is 25.9 Å². The molecule has 1 aliphatic heterocycles. The maximum atomic E-state index is 2.54. The van der Waals surface area contributed by atoms with Crippen molar-refractivity contribution in [3.63, 3.8) is 0 Å². The Morgan fingerprint density at radius 1 is 0.957 bits per heavy atom. The Hall–Kier alpha value is -1.77. The standard InChI is InChI=1S/C20H22N2.ClH/c1-21-13-7-12-20-18(15-21)17-10-5-6-11-19(17)22(20)14-16-8-3-2-4-9-16;/h2-6,8-11H,7,12-15H2,1H3;1H. The molecule has 0 atom stereocenters. The third-order valence-corrected chi connectivity index (χ3v) is 4.76. The molecule has 23 heavy (non-hydrogen) atoms. The van der Waals surface area contributed by atoms with Crippen molar-refractivity contribution >= 4 is 23.3 Å². The number of hydrogen-bond acceptors (Lipinski definition) is 1. The first-order chi connectivity index (χ1) is 10.8. The highest BCUT2D eigenvalue weighted by Gasteiger charge is 2.20. The van der Waals surface area contributed by atoms with Crippen LogP contribution in [0.3, 0.4) is 0 Å². The molecule has 0 bridgehead atoms. The summed E-state index contributed by atoms with van der Waals surface area (Å²) in [5, 5.41) is 1.43. The van der Waals surface area contributed by atoms with Gasteiger partial charge in [0.15, 0.2) is 0 Å². The van der Waals surface area contributed by atoms with Crippen LogP contribution in [-0.2, 0) is 19.5 Å². The van der Waals surface area contributed by atoms with E-state index in [2.05, 4.69) is 71.1 Å². The fourth-order valence-electron chi connectivity index (χ4n) is 3.70. The fraction of sp³-hybridized carbons (Fsp3) is 0.300. The van der Waals surface area contributed by atoms with Gasteiger partial charge < -0.3 is 9.47 Å². The predicted octanol–water partition coefficient (Wildman–Crippen LogP) is 4.49. The Morgan fingerprint density at radius 2 is 1.70 bits per heavy atom. The van der Waals surface area contributed by atoms with Crippen molar-refractivity contribution in [1.82, 2.24) is 9.47 Å². The molecular weight excluding hydrogens is 304 g/mol. The van der Waals surface area contributed by atoms with Crippen LogP contribution in [0, 0.1) is 0 Å². The van der Waals surface area contributed by atoms with E-state index >= 15 is 0 Å². The Balaban J connectivity index is 0.00000156. The van der Waals surface area contributed by atoms with E-state index in [1.165, 1.54) is 47.1 Å². The molecule has 3 aromatic rings. The number of benzene rings is 2. The van der Waals surface area contributed by atoms with Crippen molar-refractivity contribution in [1.29, 1.82) is 0 Å². The molecule has 4 rings (SSSR count). The molecule has 0 unspecified atom stereocenters. The van der Waals surface area contributed by atoms with Gasteiger partial charge in [-0.1, -0.05) is 48.5 Å². The van der Waals surface area contributed by atoms with Crippen LogP contribution in [0.25, 0.3) is 10.9 Å². The van der Waals surface area contributed by atoms with E-state index in [1.807, 2.05) is 0 Å². The van der Waals surface area contributed by atoms with Gasteiger partial charge in [-0.15, -0.1) is 12.4 Å². The van der Waals surface area contributed by atoms with Gasteiger partial charge in [-0.3, -0.25) is 0 Å². The van der Waals surface area contributed by atoms with Gasteiger partial charge in [0.2, 0.25) is 0 Å². The first-order valence-electron chi connectivity index (χ1n) is 8.14. The van der Waals surface area contributed by atoms with Crippen LogP contribution in [-0.4, -0.2) is 23.1 Å². The van der Waals surface area contributed by atoms with E-state index in [0.717, 1.165) is 13.1 Å². The summed E-state index contributed by atoms with van der Waals surface area (Å²) in [5.41, 5.74) is 5.83.